The standard InChI is InChI=1S/C14H27N3O3S/c1-11(2)13(16(3)4)10-15-9-12-7-8-14(20-12)21(18,19)17(5)6/h7-8,11,13,15H,9-10H2,1-6H3. The van der Waals surface area contributed by atoms with Crippen LogP contribution >= 0.6 is 0 Å². The lowest BCUT2D eigenvalue weighted by Crippen LogP contribution is -2.41. The van der Waals surface area contributed by atoms with Gasteiger partial charge >= 0.3 is 0 Å². The minimum absolute atomic E-state index is 0.0164. The van der Waals surface area contributed by atoms with Crippen molar-refractivity contribution in [1.29, 1.82) is 0 Å². The minimum Gasteiger partial charge on any atom is -0.447 e. The van der Waals surface area contributed by atoms with E-state index in [2.05, 4.69) is 38.2 Å². The van der Waals surface area contributed by atoms with E-state index in [1.165, 1.54) is 20.2 Å². The van der Waals surface area contributed by atoms with Gasteiger partial charge in [-0.3, -0.25) is 0 Å². The zero-order chi connectivity index (χ0) is 16.2. The zero-order valence-electron chi connectivity index (χ0n) is 13.8. The third-order valence-corrected chi connectivity index (χ3v) is 5.15. The van der Waals surface area contributed by atoms with Crippen molar-refractivity contribution in [3.8, 4) is 0 Å². The van der Waals surface area contributed by atoms with Gasteiger partial charge in [0.05, 0.1) is 6.54 Å². The molecule has 1 unspecified atom stereocenters. The summed E-state index contributed by atoms with van der Waals surface area (Å²) in [5.41, 5.74) is 0. The second kappa shape index (κ2) is 7.40. The Bertz CT molecular complexity index is 527. The quantitative estimate of drug-likeness (QED) is 0.780. The molecule has 0 radical (unpaired) electrons. The van der Waals surface area contributed by atoms with Crippen molar-refractivity contribution in [1.82, 2.24) is 14.5 Å². The van der Waals surface area contributed by atoms with Gasteiger partial charge in [-0.25, -0.2) is 12.7 Å². The van der Waals surface area contributed by atoms with Crippen LogP contribution in [0.1, 0.15) is 19.6 Å². The smallest absolute Gasteiger partial charge is 0.275 e. The van der Waals surface area contributed by atoms with E-state index < -0.39 is 10.0 Å². The van der Waals surface area contributed by atoms with Crippen LogP contribution in [0.15, 0.2) is 21.6 Å². The highest BCUT2D eigenvalue weighted by Gasteiger charge is 2.21. The van der Waals surface area contributed by atoms with Crippen LogP contribution in [-0.2, 0) is 16.6 Å². The van der Waals surface area contributed by atoms with Gasteiger partial charge in [-0.05, 0) is 32.1 Å². The van der Waals surface area contributed by atoms with E-state index in [0.29, 0.717) is 24.3 Å². The van der Waals surface area contributed by atoms with Crippen molar-refractivity contribution in [3.63, 3.8) is 0 Å². The largest absolute Gasteiger partial charge is 0.447 e. The molecule has 7 heteroatoms. The van der Waals surface area contributed by atoms with E-state index in [9.17, 15) is 8.42 Å². The molecule has 6 nitrogen and oxygen atoms in total. The summed E-state index contributed by atoms with van der Waals surface area (Å²) in [4.78, 5) is 2.18. The fourth-order valence-corrected chi connectivity index (χ4v) is 2.94. The number of nitrogens with one attached hydrogen (secondary N) is 1. The van der Waals surface area contributed by atoms with E-state index >= 15 is 0 Å². The Kier molecular flexibility index (Phi) is 6.40. The van der Waals surface area contributed by atoms with E-state index in [4.69, 9.17) is 4.42 Å². The molecule has 0 aliphatic heterocycles. The molecule has 0 bridgehead atoms. The van der Waals surface area contributed by atoms with Crippen LogP contribution in [0.5, 0.6) is 0 Å². The zero-order valence-corrected chi connectivity index (χ0v) is 14.6. The number of hydrogen-bond acceptors (Lipinski definition) is 5. The topological polar surface area (TPSA) is 65.8 Å². The first-order valence-corrected chi connectivity index (χ1v) is 8.48. The first-order chi connectivity index (χ1) is 9.66. The predicted molar refractivity (Wildman–Crippen MR) is 83.6 cm³/mol. The highest BCUT2D eigenvalue weighted by Crippen LogP contribution is 2.16. The van der Waals surface area contributed by atoms with Gasteiger partial charge in [-0.15, -0.1) is 0 Å². The first-order valence-electron chi connectivity index (χ1n) is 7.04. The Morgan fingerprint density at radius 2 is 1.81 bits per heavy atom. The summed E-state index contributed by atoms with van der Waals surface area (Å²) in [5, 5.41) is 3.30. The van der Waals surface area contributed by atoms with Crippen molar-refractivity contribution >= 4 is 10.0 Å². The highest BCUT2D eigenvalue weighted by atomic mass is 32.2. The molecular weight excluding hydrogens is 290 g/mol. The maximum Gasteiger partial charge on any atom is 0.275 e. The molecule has 122 valence electrons. The highest BCUT2D eigenvalue weighted by molar-refractivity contribution is 7.88. The van der Waals surface area contributed by atoms with Gasteiger partial charge in [0, 0.05) is 26.7 Å². The third-order valence-electron chi connectivity index (χ3n) is 3.46. The molecule has 1 N–H and O–H groups in total. The summed E-state index contributed by atoms with van der Waals surface area (Å²) >= 11 is 0. The van der Waals surface area contributed by atoms with E-state index in [1.807, 2.05) is 0 Å². The van der Waals surface area contributed by atoms with Crippen molar-refractivity contribution < 1.29 is 12.8 Å². The van der Waals surface area contributed by atoms with Crippen LogP contribution in [0, 0.1) is 5.92 Å². The molecule has 1 rings (SSSR count). The molecule has 0 saturated carbocycles. The van der Waals surface area contributed by atoms with Gasteiger partial charge < -0.3 is 14.6 Å². The monoisotopic (exact) mass is 317 g/mol. The number of sulfonamides is 1. The van der Waals surface area contributed by atoms with Gasteiger partial charge in [0.25, 0.3) is 10.0 Å². The van der Waals surface area contributed by atoms with Crippen molar-refractivity contribution in [2.45, 2.75) is 31.5 Å². The number of likely N-dealkylation sites (N-methyl/N-ethyl adjacent to an activating group) is 1. The molecule has 1 aromatic heterocycles. The van der Waals surface area contributed by atoms with Gasteiger partial charge in [0.15, 0.2) is 0 Å². The number of hydrogen-bond donors (Lipinski definition) is 1. The van der Waals surface area contributed by atoms with Gasteiger partial charge in [-0.1, -0.05) is 13.8 Å². The van der Waals surface area contributed by atoms with Crippen LogP contribution in [0.2, 0.25) is 0 Å². The Morgan fingerprint density at radius 1 is 1.19 bits per heavy atom. The van der Waals surface area contributed by atoms with Gasteiger partial charge in [-0.2, -0.15) is 0 Å². The predicted octanol–water partition coefficient (Wildman–Crippen LogP) is 1.21. The molecule has 1 atom stereocenters. The fourth-order valence-electron chi connectivity index (χ4n) is 2.13. The molecule has 1 aromatic rings. The second-order valence-electron chi connectivity index (χ2n) is 5.91. The molecular formula is C14H27N3O3S. The first kappa shape index (κ1) is 18.2. The summed E-state index contributed by atoms with van der Waals surface area (Å²) in [6.07, 6.45) is 0. The van der Waals surface area contributed by atoms with Crippen molar-refractivity contribution in [2.24, 2.45) is 5.92 Å². The number of rotatable bonds is 8. The summed E-state index contributed by atoms with van der Waals surface area (Å²) in [5.74, 6) is 1.16. The SMILES string of the molecule is CC(C)C(CNCc1ccc(S(=O)(=O)N(C)C)o1)N(C)C. The maximum atomic E-state index is 11.9. The Hall–Kier alpha value is -0.890. The molecule has 0 aliphatic rings. The van der Waals surface area contributed by atoms with Crippen LogP contribution in [0.25, 0.3) is 0 Å². The average Bonchev–Trinajstić information content (AvgIpc) is 2.82. The molecule has 0 amide bonds. The lowest BCUT2D eigenvalue weighted by molar-refractivity contribution is 0.222. The van der Waals surface area contributed by atoms with Crippen molar-refractivity contribution in [2.75, 3.05) is 34.7 Å². The van der Waals surface area contributed by atoms with E-state index in [-0.39, 0.29) is 5.09 Å². The second-order valence-corrected chi connectivity index (χ2v) is 8.00. The van der Waals surface area contributed by atoms with Crippen LogP contribution in [-0.4, -0.2) is 58.4 Å². The molecule has 1 heterocycles. The summed E-state index contributed by atoms with van der Waals surface area (Å²) in [6.45, 7) is 5.70. The lowest BCUT2D eigenvalue weighted by atomic mass is 10.0. The molecule has 21 heavy (non-hydrogen) atoms. The van der Waals surface area contributed by atoms with Gasteiger partial charge in [0.2, 0.25) is 5.09 Å². The minimum atomic E-state index is -3.49. The van der Waals surface area contributed by atoms with Crippen LogP contribution < -0.4 is 5.32 Å². The van der Waals surface area contributed by atoms with E-state index in [1.54, 1.807) is 6.07 Å². The molecule has 0 spiro atoms. The van der Waals surface area contributed by atoms with E-state index in [0.717, 1.165) is 10.8 Å². The summed E-state index contributed by atoms with van der Waals surface area (Å²) < 4.78 is 30.4. The molecule has 0 fully saturated rings. The average molecular weight is 317 g/mol. The van der Waals surface area contributed by atoms with Crippen molar-refractivity contribution in [3.05, 3.63) is 17.9 Å². The molecule has 0 aromatic carbocycles. The van der Waals surface area contributed by atoms with Crippen LogP contribution in [0.3, 0.4) is 0 Å². The van der Waals surface area contributed by atoms with Gasteiger partial charge in [0.1, 0.15) is 5.76 Å². The summed E-state index contributed by atoms with van der Waals surface area (Å²) in [7, 11) is 3.59. The van der Waals surface area contributed by atoms with Crippen LogP contribution in [0.4, 0.5) is 0 Å². The summed E-state index contributed by atoms with van der Waals surface area (Å²) in [6, 6.07) is 3.62. The fraction of sp³-hybridized carbons (Fsp3) is 0.714. The molecule has 0 aliphatic carbocycles. The number of furan rings is 1. The maximum absolute atomic E-state index is 11.9. The normalized spacial score (nSPS) is 14.3. The Labute approximate surface area is 128 Å². The molecule has 0 saturated heterocycles. The Morgan fingerprint density at radius 3 is 2.29 bits per heavy atom. The third kappa shape index (κ3) is 4.81. The Balaban J connectivity index is 2.61. The lowest BCUT2D eigenvalue weighted by Gasteiger charge is -2.28. The number of nitrogens with zero attached hydrogens (tertiary/aromatic N) is 2.